The highest BCUT2D eigenvalue weighted by molar-refractivity contribution is 7.91. The molecule has 4 aromatic carbocycles. The van der Waals surface area contributed by atoms with Crippen LogP contribution in [0.25, 0.3) is 0 Å². The maximum atomic E-state index is 13.9. The fraction of sp³-hybridized carbons (Fsp3) is 0.133. The van der Waals surface area contributed by atoms with E-state index in [4.69, 9.17) is 0 Å². The van der Waals surface area contributed by atoms with Crippen molar-refractivity contribution in [3.8, 4) is 0 Å². The Hall–Kier alpha value is -4.64. The van der Waals surface area contributed by atoms with Crippen LogP contribution in [0.2, 0.25) is 0 Å². The van der Waals surface area contributed by atoms with Crippen molar-refractivity contribution in [2.24, 2.45) is 0 Å². The summed E-state index contributed by atoms with van der Waals surface area (Å²) in [5.41, 5.74) is -0.509. The Bertz CT molecular complexity index is 1640. The van der Waals surface area contributed by atoms with Gasteiger partial charge in [-0.2, -0.15) is 13.2 Å². The highest BCUT2D eigenvalue weighted by Crippen LogP contribution is 2.40. The summed E-state index contributed by atoms with van der Waals surface area (Å²) in [5, 5.41) is 7.97. The Kier molecular flexibility index (Phi) is 8.77. The number of amides is 2. The number of carbonyl (C=O) groups excluding carboxylic acids is 2. The van der Waals surface area contributed by atoms with Crippen LogP contribution in [0.3, 0.4) is 0 Å². The third-order valence-corrected chi connectivity index (χ3v) is 8.05. The van der Waals surface area contributed by atoms with E-state index < -0.39 is 44.8 Å². The number of sulfone groups is 1. The molecule has 0 spiro atoms. The first-order valence-electron chi connectivity index (χ1n) is 12.5. The monoisotopic (exact) mass is 581 g/mol. The van der Waals surface area contributed by atoms with Crippen LogP contribution < -0.4 is 16.0 Å². The lowest BCUT2D eigenvalue weighted by Crippen LogP contribution is -2.29. The molecule has 41 heavy (non-hydrogen) atoms. The molecule has 0 aliphatic rings. The molecule has 0 fully saturated rings. The van der Waals surface area contributed by atoms with Crippen molar-refractivity contribution < 1.29 is 31.2 Å². The Morgan fingerprint density at radius 3 is 2.02 bits per heavy atom. The Labute approximate surface area is 235 Å². The number of anilines is 2. The molecular formula is C30H26F3N3O4S. The summed E-state index contributed by atoms with van der Waals surface area (Å²) in [6, 6.07) is 24.8. The third kappa shape index (κ3) is 6.93. The van der Waals surface area contributed by atoms with Crippen LogP contribution in [0.1, 0.15) is 34.5 Å². The number of nitrogens with one attached hydrogen (secondary N) is 3. The van der Waals surface area contributed by atoms with Gasteiger partial charge < -0.3 is 16.0 Å². The van der Waals surface area contributed by atoms with Crippen molar-refractivity contribution >= 4 is 33.0 Å². The number of alkyl halides is 3. The predicted octanol–water partition coefficient (Wildman–Crippen LogP) is 6.08. The van der Waals surface area contributed by atoms with Crippen LogP contribution in [0, 0.1) is 0 Å². The lowest BCUT2D eigenvalue weighted by Gasteiger charge is -2.19. The molecule has 0 saturated carbocycles. The maximum absolute atomic E-state index is 13.9. The Morgan fingerprint density at radius 1 is 0.780 bits per heavy atom. The molecule has 3 N–H and O–H groups in total. The first-order chi connectivity index (χ1) is 19.5. The molecular weight excluding hydrogens is 555 g/mol. The molecule has 212 valence electrons. The Balaban J connectivity index is 1.54. The van der Waals surface area contributed by atoms with Crippen LogP contribution in [0.5, 0.6) is 0 Å². The van der Waals surface area contributed by atoms with Gasteiger partial charge in [0.25, 0.3) is 5.91 Å². The molecule has 1 atom stereocenters. The molecule has 0 heterocycles. The molecule has 2 amide bonds. The molecule has 7 nitrogen and oxygen atoms in total. The predicted molar refractivity (Wildman–Crippen MR) is 149 cm³/mol. The van der Waals surface area contributed by atoms with Crippen LogP contribution in [-0.2, 0) is 20.8 Å². The van der Waals surface area contributed by atoms with Gasteiger partial charge in [0.1, 0.15) is 4.90 Å². The third-order valence-electron chi connectivity index (χ3n) is 6.18. The van der Waals surface area contributed by atoms with Gasteiger partial charge in [-0.15, -0.1) is 0 Å². The standard InChI is InChI=1S/C30H26F3N3O4S/c1-20(21-11-4-2-5-12-21)35-29(38)23-15-8-9-17-25(23)36-27(37)19-34-26-18-10-16-24(30(31,32)33)28(26)41(39,40)22-13-6-3-7-14-22/h2-18,20,34H,19H2,1H3,(H,35,38)(H,36,37). The van der Waals surface area contributed by atoms with Crippen LogP contribution in [-0.4, -0.2) is 26.8 Å². The van der Waals surface area contributed by atoms with Crippen LogP contribution in [0.4, 0.5) is 24.5 Å². The number of benzene rings is 4. The van der Waals surface area contributed by atoms with E-state index in [9.17, 15) is 31.2 Å². The van der Waals surface area contributed by atoms with Crippen molar-refractivity contribution in [1.29, 1.82) is 0 Å². The second-order valence-electron chi connectivity index (χ2n) is 9.05. The van der Waals surface area contributed by atoms with Gasteiger partial charge in [0.15, 0.2) is 0 Å². The second-order valence-corrected chi connectivity index (χ2v) is 10.9. The summed E-state index contributed by atoms with van der Waals surface area (Å²) in [5.74, 6) is -1.15. The van der Waals surface area contributed by atoms with Crippen molar-refractivity contribution in [3.63, 3.8) is 0 Å². The molecule has 4 rings (SSSR count). The summed E-state index contributed by atoms with van der Waals surface area (Å²) in [6.45, 7) is 1.24. The number of halogens is 3. The van der Waals surface area contributed by atoms with Crippen molar-refractivity contribution in [1.82, 2.24) is 5.32 Å². The van der Waals surface area contributed by atoms with E-state index in [0.717, 1.165) is 17.7 Å². The van der Waals surface area contributed by atoms with Crippen LogP contribution >= 0.6 is 0 Å². The summed E-state index contributed by atoms with van der Waals surface area (Å²) in [6.07, 6.45) is -4.97. The van der Waals surface area contributed by atoms with Gasteiger partial charge >= 0.3 is 6.18 Å². The van der Waals surface area contributed by atoms with Gasteiger partial charge in [-0.1, -0.05) is 66.7 Å². The average molecular weight is 582 g/mol. The minimum absolute atomic E-state index is 0.176. The molecule has 0 aromatic heterocycles. The zero-order valence-corrected chi connectivity index (χ0v) is 22.6. The van der Waals surface area contributed by atoms with E-state index in [1.165, 1.54) is 36.4 Å². The first-order valence-corrected chi connectivity index (χ1v) is 14.0. The summed E-state index contributed by atoms with van der Waals surface area (Å²) < 4.78 is 68.2. The van der Waals surface area contributed by atoms with E-state index in [2.05, 4.69) is 16.0 Å². The molecule has 0 radical (unpaired) electrons. The molecule has 0 aliphatic carbocycles. The van der Waals surface area contributed by atoms with E-state index >= 15 is 0 Å². The normalized spacial score (nSPS) is 12.3. The van der Waals surface area contributed by atoms with Crippen molar-refractivity contribution in [2.45, 2.75) is 28.9 Å². The van der Waals surface area contributed by atoms with E-state index in [0.29, 0.717) is 6.07 Å². The summed E-state index contributed by atoms with van der Waals surface area (Å²) >= 11 is 0. The summed E-state index contributed by atoms with van der Waals surface area (Å²) in [7, 11) is -4.61. The number of carbonyl (C=O) groups is 2. The molecule has 0 bridgehead atoms. The zero-order valence-electron chi connectivity index (χ0n) is 21.8. The highest BCUT2D eigenvalue weighted by Gasteiger charge is 2.39. The second kappa shape index (κ2) is 12.3. The molecule has 0 saturated heterocycles. The molecule has 4 aromatic rings. The minimum Gasteiger partial charge on any atom is -0.375 e. The largest absolute Gasteiger partial charge is 0.417 e. The zero-order chi connectivity index (χ0) is 29.6. The molecule has 1 unspecified atom stereocenters. The fourth-order valence-corrected chi connectivity index (χ4v) is 5.82. The number of hydrogen-bond donors (Lipinski definition) is 3. The molecule has 11 heteroatoms. The lowest BCUT2D eigenvalue weighted by atomic mass is 10.1. The summed E-state index contributed by atoms with van der Waals surface area (Å²) in [4.78, 5) is 24.5. The topological polar surface area (TPSA) is 104 Å². The number of hydrogen-bond acceptors (Lipinski definition) is 5. The van der Waals surface area contributed by atoms with E-state index in [1.807, 2.05) is 37.3 Å². The Morgan fingerprint density at radius 2 is 1.37 bits per heavy atom. The van der Waals surface area contributed by atoms with Gasteiger partial charge in [0.2, 0.25) is 15.7 Å². The lowest BCUT2D eigenvalue weighted by molar-refractivity contribution is -0.139. The van der Waals surface area contributed by atoms with Crippen molar-refractivity contribution in [2.75, 3.05) is 17.2 Å². The van der Waals surface area contributed by atoms with Crippen molar-refractivity contribution in [3.05, 3.63) is 120 Å². The van der Waals surface area contributed by atoms with Gasteiger partial charge in [-0.05, 0) is 48.9 Å². The quantitative estimate of drug-likeness (QED) is 0.222. The first kappa shape index (κ1) is 29.3. The average Bonchev–Trinajstić information content (AvgIpc) is 2.96. The van der Waals surface area contributed by atoms with Gasteiger partial charge in [0, 0.05) is 0 Å². The van der Waals surface area contributed by atoms with Gasteiger partial charge in [-0.3, -0.25) is 9.59 Å². The minimum atomic E-state index is -4.97. The smallest absolute Gasteiger partial charge is 0.375 e. The maximum Gasteiger partial charge on any atom is 0.417 e. The van der Waals surface area contributed by atoms with Crippen LogP contribution in [0.15, 0.2) is 113 Å². The fourth-order valence-electron chi connectivity index (χ4n) is 4.17. The number of para-hydroxylation sites is 1. The van der Waals surface area contributed by atoms with E-state index in [1.54, 1.807) is 18.2 Å². The molecule has 0 aliphatic heterocycles. The number of rotatable bonds is 9. The highest BCUT2D eigenvalue weighted by atomic mass is 32.2. The van der Waals surface area contributed by atoms with Gasteiger partial charge in [0.05, 0.1) is 40.0 Å². The van der Waals surface area contributed by atoms with E-state index in [-0.39, 0.29) is 27.9 Å². The SMILES string of the molecule is CC(NC(=O)c1ccccc1NC(=O)CNc1cccc(C(F)(F)F)c1S(=O)(=O)c1ccccc1)c1ccccc1. The van der Waals surface area contributed by atoms with Gasteiger partial charge in [-0.25, -0.2) is 8.42 Å².